The lowest BCUT2D eigenvalue weighted by molar-refractivity contribution is -0.146. The first kappa shape index (κ1) is 35.0. The lowest BCUT2D eigenvalue weighted by atomic mass is 9.88. The van der Waals surface area contributed by atoms with Crippen LogP contribution in [-0.4, -0.2) is 56.0 Å². The Labute approximate surface area is 297 Å². The van der Waals surface area contributed by atoms with Gasteiger partial charge in [0.05, 0.1) is 31.0 Å². The van der Waals surface area contributed by atoms with E-state index in [4.69, 9.17) is 9.47 Å². The summed E-state index contributed by atoms with van der Waals surface area (Å²) in [7, 11) is 1.59. The third-order valence-electron chi connectivity index (χ3n) is 8.96. The minimum absolute atomic E-state index is 0.00446. The number of hydrogen-bond donors (Lipinski definition) is 1. The van der Waals surface area contributed by atoms with E-state index in [1.807, 2.05) is 41.3 Å². The number of methoxy groups -OCH3 is 1. The highest BCUT2D eigenvalue weighted by Gasteiger charge is 2.34. The van der Waals surface area contributed by atoms with E-state index in [0.29, 0.717) is 36.9 Å². The zero-order valence-corrected chi connectivity index (χ0v) is 30.5. The van der Waals surface area contributed by atoms with Gasteiger partial charge in [0.2, 0.25) is 5.91 Å². The lowest BCUT2D eigenvalue weighted by Crippen LogP contribution is -2.40. The minimum atomic E-state index is -0.998. The summed E-state index contributed by atoms with van der Waals surface area (Å²) in [6, 6.07) is 22.2. The normalized spacial score (nSPS) is 14.5. The number of amides is 1. The number of ether oxygens (including phenoxy) is 2. The molecule has 0 spiro atoms. The summed E-state index contributed by atoms with van der Waals surface area (Å²) >= 11 is 1.74. The Morgan fingerprint density at radius 3 is 2.30 bits per heavy atom. The van der Waals surface area contributed by atoms with Crippen LogP contribution in [0, 0.1) is 5.41 Å². The van der Waals surface area contributed by atoms with Crippen LogP contribution in [0.4, 0.5) is 5.69 Å². The number of nitrogens with zero attached hydrogens (tertiary/aromatic N) is 4. The molecule has 1 amide bonds. The van der Waals surface area contributed by atoms with Gasteiger partial charge >= 0.3 is 5.97 Å². The molecule has 260 valence electrons. The summed E-state index contributed by atoms with van der Waals surface area (Å²) in [4.78, 5) is 36.9. The topological polar surface area (TPSA) is 107 Å². The Balaban J connectivity index is 1.37. The van der Waals surface area contributed by atoms with E-state index in [-0.39, 0.29) is 16.7 Å². The zero-order chi connectivity index (χ0) is 35.8. The van der Waals surface area contributed by atoms with Gasteiger partial charge < -0.3 is 24.0 Å². The van der Waals surface area contributed by atoms with Gasteiger partial charge in [-0.25, -0.2) is 9.97 Å². The van der Waals surface area contributed by atoms with Crippen molar-refractivity contribution in [3.63, 3.8) is 0 Å². The molecule has 10 heteroatoms. The molecule has 50 heavy (non-hydrogen) atoms. The third-order valence-corrected chi connectivity index (χ3v) is 10.2. The summed E-state index contributed by atoms with van der Waals surface area (Å²) in [5, 5.41) is 11.2. The highest BCUT2D eigenvalue weighted by Crippen LogP contribution is 2.44. The van der Waals surface area contributed by atoms with Crippen LogP contribution in [0.3, 0.4) is 0 Å². The summed E-state index contributed by atoms with van der Waals surface area (Å²) in [5.74, 6) is 1.06. The Morgan fingerprint density at radius 1 is 0.960 bits per heavy atom. The molecule has 1 aliphatic heterocycles. The van der Waals surface area contributed by atoms with Crippen molar-refractivity contribution in [1.82, 2.24) is 14.5 Å². The van der Waals surface area contributed by atoms with E-state index in [0.717, 1.165) is 50.3 Å². The van der Waals surface area contributed by atoms with Crippen LogP contribution in [-0.2, 0) is 29.0 Å². The first-order valence-electron chi connectivity index (χ1n) is 16.8. The first-order chi connectivity index (χ1) is 23.7. The second-order valence-corrected chi connectivity index (χ2v) is 16.3. The number of anilines is 1. The van der Waals surface area contributed by atoms with Gasteiger partial charge in [-0.05, 0) is 55.7 Å². The van der Waals surface area contributed by atoms with E-state index < -0.39 is 11.4 Å². The molecule has 0 unspecified atom stereocenters. The van der Waals surface area contributed by atoms with Crippen molar-refractivity contribution in [2.24, 2.45) is 5.41 Å². The lowest BCUT2D eigenvalue weighted by Gasteiger charge is -2.24. The van der Waals surface area contributed by atoms with E-state index in [1.54, 1.807) is 52.0 Å². The van der Waals surface area contributed by atoms with Gasteiger partial charge in [0.1, 0.15) is 12.4 Å². The Kier molecular flexibility index (Phi) is 9.68. The number of rotatable bonds is 11. The second-order valence-electron chi connectivity index (χ2n) is 14.5. The maximum atomic E-state index is 12.7. The number of para-hydroxylation sites is 1. The van der Waals surface area contributed by atoms with Crippen LogP contribution in [0.2, 0.25) is 0 Å². The summed E-state index contributed by atoms with van der Waals surface area (Å²) in [6.45, 7) is 12.6. The smallest absolute Gasteiger partial charge is 0.309 e. The molecule has 0 fully saturated rings. The molecule has 0 bridgehead atoms. The highest BCUT2D eigenvalue weighted by molar-refractivity contribution is 8.00. The van der Waals surface area contributed by atoms with Crippen molar-refractivity contribution in [1.29, 1.82) is 0 Å². The van der Waals surface area contributed by atoms with Gasteiger partial charge in [0, 0.05) is 57.4 Å². The van der Waals surface area contributed by atoms with E-state index in [9.17, 15) is 14.7 Å². The average molecular weight is 693 g/mol. The number of aromatic nitrogens is 3. The van der Waals surface area contributed by atoms with Crippen molar-refractivity contribution in [2.75, 3.05) is 18.6 Å². The van der Waals surface area contributed by atoms with E-state index in [1.165, 1.54) is 0 Å². The van der Waals surface area contributed by atoms with Gasteiger partial charge in [-0.15, -0.1) is 11.8 Å². The number of fused-ring (bicyclic) bond motifs is 2. The van der Waals surface area contributed by atoms with Crippen molar-refractivity contribution < 1.29 is 24.2 Å². The number of hydrogen-bond acceptors (Lipinski definition) is 7. The average Bonchev–Trinajstić information content (AvgIpc) is 3.58. The standard InChI is InChI=1S/C40H44N4O5S/c1-25(45)44-29(18-28-10-8-9-11-33(28)44)24-49-30-16-17-34-32(19-30)36(50-39(2,3)4)35(20-40(5,6)38(46)47)43(34)23-26-12-14-27(15-13-26)37-41-21-31(48-7)22-42-37/h8-17,19,21-22,29H,18,20,23-24H2,1-7H3,(H,46,47)/t29-/m1/s1. The van der Waals surface area contributed by atoms with Gasteiger partial charge in [0.15, 0.2) is 11.6 Å². The fourth-order valence-corrected chi connectivity index (χ4v) is 7.63. The number of carbonyl (C=O) groups excluding carboxylic acids is 1. The van der Waals surface area contributed by atoms with Crippen molar-refractivity contribution in [3.05, 3.63) is 95.9 Å². The molecule has 0 radical (unpaired) electrons. The number of aliphatic carboxylic acids is 1. The minimum Gasteiger partial charge on any atom is -0.494 e. The van der Waals surface area contributed by atoms with Crippen molar-refractivity contribution in [2.45, 2.75) is 76.6 Å². The molecular weight excluding hydrogens is 649 g/mol. The molecular formula is C40H44N4O5S. The Morgan fingerprint density at radius 2 is 1.66 bits per heavy atom. The summed E-state index contributed by atoms with van der Waals surface area (Å²) in [6.07, 6.45) is 4.38. The monoisotopic (exact) mass is 692 g/mol. The Bertz CT molecular complexity index is 2030. The molecule has 9 nitrogen and oxygen atoms in total. The van der Waals surface area contributed by atoms with Crippen LogP contribution < -0.4 is 14.4 Å². The highest BCUT2D eigenvalue weighted by atomic mass is 32.2. The van der Waals surface area contributed by atoms with Crippen molar-refractivity contribution >= 4 is 40.2 Å². The third kappa shape index (κ3) is 7.35. The summed E-state index contributed by atoms with van der Waals surface area (Å²) in [5.41, 5.74) is 5.01. The van der Waals surface area contributed by atoms with Crippen molar-refractivity contribution in [3.8, 4) is 22.9 Å². The molecule has 6 rings (SSSR count). The maximum Gasteiger partial charge on any atom is 0.309 e. The molecule has 3 aromatic carbocycles. The molecule has 0 saturated carbocycles. The SMILES string of the molecule is COc1cnc(-c2ccc(Cn3c(CC(C)(C)C(=O)O)c(SC(C)(C)C)c4cc(OC[C@H]5Cc6ccccc6N5C(C)=O)ccc43)cc2)nc1. The molecule has 1 atom stereocenters. The summed E-state index contributed by atoms with van der Waals surface area (Å²) < 4.78 is 13.8. The Hall–Kier alpha value is -4.83. The fraction of sp³-hybridized carbons (Fsp3) is 0.350. The van der Waals surface area contributed by atoms with Crippen LogP contribution >= 0.6 is 11.8 Å². The van der Waals surface area contributed by atoms with Crippen LogP contribution in [0.25, 0.3) is 22.3 Å². The molecule has 1 N–H and O–H groups in total. The van der Waals surface area contributed by atoms with Gasteiger partial charge in [-0.2, -0.15) is 0 Å². The van der Waals surface area contributed by atoms with Gasteiger partial charge in [-0.3, -0.25) is 9.59 Å². The predicted molar refractivity (Wildman–Crippen MR) is 198 cm³/mol. The number of benzene rings is 3. The van der Waals surface area contributed by atoms with Crippen LogP contribution in [0.1, 0.15) is 58.4 Å². The largest absolute Gasteiger partial charge is 0.494 e. The predicted octanol–water partition coefficient (Wildman–Crippen LogP) is 8.06. The fourth-order valence-electron chi connectivity index (χ4n) is 6.44. The number of carboxylic acids is 1. The first-order valence-corrected chi connectivity index (χ1v) is 17.6. The zero-order valence-electron chi connectivity index (χ0n) is 29.7. The van der Waals surface area contributed by atoms with E-state index in [2.05, 4.69) is 65.6 Å². The van der Waals surface area contributed by atoms with Gasteiger partial charge in [-0.1, -0.05) is 63.2 Å². The molecule has 0 aliphatic carbocycles. The van der Waals surface area contributed by atoms with Gasteiger partial charge in [0.25, 0.3) is 0 Å². The quantitative estimate of drug-likeness (QED) is 0.139. The number of carboxylic acid groups (broad SMARTS) is 1. The molecule has 0 saturated heterocycles. The van der Waals surface area contributed by atoms with Crippen LogP contribution in [0.15, 0.2) is 84.0 Å². The number of thioether (sulfide) groups is 1. The molecule has 2 aromatic heterocycles. The molecule has 3 heterocycles. The maximum absolute atomic E-state index is 12.7. The van der Waals surface area contributed by atoms with Crippen LogP contribution in [0.5, 0.6) is 11.5 Å². The van der Waals surface area contributed by atoms with E-state index >= 15 is 0 Å². The molecule has 5 aromatic rings. The number of carbonyl (C=O) groups is 2. The molecule has 1 aliphatic rings. The second kappa shape index (κ2) is 13.8.